The number of piperidine rings is 1. The fraction of sp³-hybridized carbons (Fsp3) is 0.536. The molecule has 0 aliphatic carbocycles. The van der Waals surface area contributed by atoms with E-state index in [-0.39, 0.29) is 29.2 Å². The van der Waals surface area contributed by atoms with Crippen molar-refractivity contribution in [2.24, 2.45) is 11.8 Å². The summed E-state index contributed by atoms with van der Waals surface area (Å²) in [5.41, 5.74) is 3.40. The van der Waals surface area contributed by atoms with Crippen LogP contribution in [-0.2, 0) is 23.2 Å². The molecule has 0 saturated carbocycles. The third-order valence-corrected chi connectivity index (χ3v) is 8.13. The highest BCUT2D eigenvalue weighted by atomic mass is 16.3. The zero-order valence-electron chi connectivity index (χ0n) is 20.8. The average Bonchev–Trinajstić information content (AvgIpc) is 2.80. The second-order valence-electron chi connectivity index (χ2n) is 10.8. The molecule has 1 fully saturated rings. The van der Waals surface area contributed by atoms with Crippen molar-refractivity contribution in [3.63, 3.8) is 0 Å². The van der Waals surface area contributed by atoms with E-state index in [0.29, 0.717) is 30.6 Å². The molecule has 2 aliphatic rings. The Morgan fingerprint density at radius 1 is 1.18 bits per heavy atom. The van der Waals surface area contributed by atoms with E-state index in [1.165, 1.54) is 5.56 Å². The maximum atomic E-state index is 13.2. The summed E-state index contributed by atoms with van der Waals surface area (Å²) in [4.78, 5) is 15.6. The Morgan fingerprint density at radius 2 is 1.94 bits per heavy atom. The molecule has 1 saturated heterocycles. The van der Waals surface area contributed by atoms with Crippen molar-refractivity contribution in [1.82, 2.24) is 15.5 Å². The Bertz CT molecular complexity index is 1020. The Labute approximate surface area is 203 Å². The van der Waals surface area contributed by atoms with Crippen LogP contribution in [0, 0.1) is 11.8 Å². The first kappa shape index (κ1) is 24.6. The van der Waals surface area contributed by atoms with Gasteiger partial charge in [0.25, 0.3) is 0 Å². The summed E-state index contributed by atoms with van der Waals surface area (Å²) in [6.07, 6.45) is 1.65. The standard InChI is InChI=1S/C28H39N3O3/c1-18(2)26(30-27(34)25-13-20-8-9-24(33)12-21(20)15-29-25)17-31-11-10-28(4,19(3)16-31)22-6-5-7-23(32)14-22/h5-9,12,14,18-19,25-26,29,32-33H,10-11,13,15-17H2,1-4H3,(H,30,34)/t19?,25-,26-,28?/m1/s1. The van der Waals surface area contributed by atoms with Gasteiger partial charge in [0, 0.05) is 25.7 Å². The van der Waals surface area contributed by atoms with E-state index in [0.717, 1.165) is 37.2 Å². The number of fused-ring (bicyclic) bond motifs is 1. The van der Waals surface area contributed by atoms with Crippen molar-refractivity contribution in [1.29, 1.82) is 0 Å². The van der Waals surface area contributed by atoms with E-state index in [1.54, 1.807) is 18.2 Å². The molecule has 2 aliphatic heterocycles. The first-order valence-electron chi connectivity index (χ1n) is 12.5. The van der Waals surface area contributed by atoms with Crippen molar-refractivity contribution < 1.29 is 15.0 Å². The van der Waals surface area contributed by atoms with Crippen molar-refractivity contribution >= 4 is 5.91 Å². The number of hydrogen-bond donors (Lipinski definition) is 4. The molecule has 0 radical (unpaired) electrons. The lowest BCUT2D eigenvalue weighted by Crippen LogP contribution is -2.56. The fourth-order valence-corrected chi connectivity index (χ4v) is 5.44. The van der Waals surface area contributed by atoms with E-state index in [9.17, 15) is 15.0 Å². The molecule has 34 heavy (non-hydrogen) atoms. The second kappa shape index (κ2) is 9.96. The molecule has 2 heterocycles. The van der Waals surface area contributed by atoms with Crippen LogP contribution in [0.2, 0.25) is 0 Å². The van der Waals surface area contributed by atoms with Gasteiger partial charge >= 0.3 is 0 Å². The number of phenols is 2. The van der Waals surface area contributed by atoms with Crippen molar-refractivity contribution in [3.8, 4) is 11.5 Å². The first-order chi connectivity index (χ1) is 16.2. The number of likely N-dealkylation sites (tertiary alicyclic amines) is 1. The van der Waals surface area contributed by atoms with E-state index in [1.807, 2.05) is 18.2 Å². The third-order valence-electron chi connectivity index (χ3n) is 8.13. The molecule has 2 aromatic rings. The molecule has 2 unspecified atom stereocenters. The minimum atomic E-state index is -0.257. The average molecular weight is 466 g/mol. The van der Waals surface area contributed by atoms with E-state index < -0.39 is 0 Å². The van der Waals surface area contributed by atoms with Gasteiger partial charge in [-0.25, -0.2) is 0 Å². The summed E-state index contributed by atoms with van der Waals surface area (Å²) < 4.78 is 0. The Kier molecular flexibility index (Phi) is 7.20. The quantitative estimate of drug-likeness (QED) is 0.524. The highest BCUT2D eigenvalue weighted by Crippen LogP contribution is 2.40. The van der Waals surface area contributed by atoms with Gasteiger partial charge in [0.1, 0.15) is 11.5 Å². The molecule has 1 amide bonds. The molecule has 184 valence electrons. The van der Waals surface area contributed by atoms with Gasteiger partial charge in [-0.2, -0.15) is 0 Å². The smallest absolute Gasteiger partial charge is 0.237 e. The second-order valence-corrected chi connectivity index (χ2v) is 10.8. The highest BCUT2D eigenvalue weighted by molar-refractivity contribution is 5.82. The van der Waals surface area contributed by atoms with Crippen molar-refractivity contribution in [2.75, 3.05) is 19.6 Å². The number of aromatic hydroxyl groups is 2. The summed E-state index contributed by atoms with van der Waals surface area (Å²) in [7, 11) is 0. The lowest BCUT2D eigenvalue weighted by molar-refractivity contribution is -0.124. The highest BCUT2D eigenvalue weighted by Gasteiger charge is 2.39. The SMILES string of the molecule is CC(C)[C@@H](CN1CCC(C)(c2cccc(O)c2)C(C)C1)NC(=O)[C@H]1Cc2ccc(O)cc2CN1. The third kappa shape index (κ3) is 5.23. The van der Waals surface area contributed by atoms with Gasteiger partial charge in [0.2, 0.25) is 5.91 Å². The summed E-state index contributed by atoms with van der Waals surface area (Å²) in [5, 5.41) is 26.3. The molecular weight excluding hydrogens is 426 g/mol. The number of benzene rings is 2. The van der Waals surface area contributed by atoms with Crippen LogP contribution in [0.5, 0.6) is 11.5 Å². The van der Waals surface area contributed by atoms with Gasteiger partial charge in [0.15, 0.2) is 0 Å². The van der Waals surface area contributed by atoms with Crippen LogP contribution in [0.1, 0.15) is 50.8 Å². The minimum Gasteiger partial charge on any atom is -0.508 e. The van der Waals surface area contributed by atoms with E-state index in [2.05, 4.69) is 49.3 Å². The van der Waals surface area contributed by atoms with Crippen LogP contribution in [0.15, 0.2) is 42.5 Å². The predicted molar refractivity (Wildman–Crippen MR) is 135 cm³/mol. The first-order valence-corrected chi connectivity index (χ1v) is 12.5. The maximum Gasteiger partial charge on any atom is 0.237 e. The van der Waals surface area contributed by atoms with Crippen LogP contribution in [-0.4, -0.2) is 52.7 Å². The molecule has 4 N–H and O–H groups in total. The zero-order valence-corrected chi connectivity index (χ0v) is 20.8. The Hall–Kier alpha value is -2.57. The number of carbonyl (C=O) groups is 1. The molecule has 4 rings (SSSR count). The Morgan fingerprint density at radius 3 is 2.65 bits per heavy atom. The van der Waals surface area contributed by atoms with E-state index in [4.69, 9.17) is 0 Å². The molecule has 4 atom stereocenters. The number of amides is 1. The lowest BCUT2D eigenvalue weighted by Gasteiger charge is -2.46. The number of nitrogens with zero attached hydrogens (tertiary/aromatic N) is 1. The zero-order chi connectivity index (χ0) is 24.5. The largest absolute Gasteiger partial charge is 0.508 e. The maximum absolute atomic E-state index is 13.2. The molecule has 0 aromatic heterocycles. The number of nitrogens with one attached hydrogen (secondary N) is 2. The summed E-state index contributed by atoms with van der Waals surface area (Å²) in [5.74, 6) is 1.39. The number of carbonyl (C=O) groups excluding carboxylic acids is 1. The Balaban J connectivity index is 1.36. The van der Waals surface area contributed by atoms with Crippen LogP contribution in [0.4, 0.5) is 0 Å². The van der Waals surface area contributed by atoms with Gasteiger partial charge < -0.3 is 25.7 Å². The van der Waals surface area contributed by atoms with Crippen LogP contribution in [0.25, 0.3) is 0 Å². The molecular formula is C28H39N3O3. The minimum absolute atomic E-state index is 0.0274. The number of rotatable bonds is 6. The molecule has 0 bridgehead atoms. The van der Waals surface area contributed by atoms with Gasteiger partial charge in [-0.05, 0) is 77.6 Å². The predicted octanol–water partition coefficient (Wildman–Crippen LogP) is 3.55. The van der Waals surface area contributed by atoms with Crippen LogP contribution in [0.3, 0.4) is 0 Å². The van der Waals surface area contributed by atoms with Gasteiger partial charge in [-0.3, -0.25) is 4.79 Å². The number of phenolic OH excluding ortho intramolecular Hbond substituents is 2. The molecule has 6 nitrogen and oxygen atoms in total. The van der Waals surface area contributed by atoms with Crippen molar-refractivity contribution in [2.45, 2.75) is 64.6 Å². The van der Waals surface area contributed by atoms with Crippen LogP contribution < -0.4 is 10.6 Å². The van der Waals surface area contributed by atoms with Crippen LogP contribution >= 0.6 is 0 Å². The monoisotopic (exact) mass is 465 g/mol. The van der Waals surface area contributed by atoms with E-state index >= 15 is 0 Å². The molecule has 6 heteroatoms. The number of hydrogen-bond acceptors (Lipinski definition) is 5. The molecule has 0 spiro atoms. The van der Waals surface area contributed by atoms with Gasteiger partial charge in [-0.15, -0.1) is 0 Å². The summed E-state index contributed by atoms with van der Waals surface area (Å²) in [6, 6.07) is 12.9. The van der Waals surface area contributed by atoms with Gasteiger partial charge in [-0.1, -0.05) is 45.9 Å². The topological polar surface area (TPSA) is 84.8 Å². The fourth-order valence-electron chi connectivity index (χ4n) is 5.44. The normalized spacial score (nSPS) is 26.1. The van der Waals surface area contributed by atoms with Gasteiger partial charge in [0.05, 0.1) is 6.04 Å². The molecule has 2 aromatic carbocycles. The summed E-state index contributed by atoms with van der Waals surface area (Å²) in [6.45, 7) is 12.3. The van der Waals surface area contributed by atoms with Crippen molar-refractivity contribution in [3.05, 3.63) is 59.2 Å². The summed E-state index contributed by atoms with van der Waals surface area (Å²) >= 11 is 0. The lowest BCUT2D eigenvalue weighted by atomic mass is 9.68.